The van der Waals surface area contributed by atoms with Crippen LogP contribution in [-0.2, 0) is 14.8 Å². The third-order valence-corrected chi connectivity index (χ3v) is 5.67. The number of piperazine rings is 1. The molecule has 3 atom stereocenters. The second-order valence-corrected chi connectivity index (χ2v) is 8.02. The predicted molar refractivity (Wildman–Crippen MR) is 85.0 cm³/mol. The number of hydrogen-bond acceptors (Lipinski definition) is 4. The lowest BCUT2D eigenvalue weighted by Gasteiger charge is -2.40. The molecule has 8 heteroatoms. The second kappa shape index (κ2) is 7.26. The first-order chi connectivity index (χ1) is 9.29. The summed E-state index contributed by atoms with van der Waals surface area (Å²) in [5, 5.41) is 3.35. The van der Waals surface area contributed by atoms with Gasteiger partial charge in [-0.15, -0.1) is 12.4 Å². The molecule has 1 amide bonds. The van der Waals surface area contributed by atoms with Gasteiger partial charge in [0.2, 0.25) is 15.9 Å². The first-order valence-corrected chi connectivity index (χ1v) is 9.13. The summed E-state index contributed by atoms with van der Waals surface area (Å²) in [7, 11) is -3.17. The molecule has 0 aromatic carbocycles. The fraction of sp³-hybridized carbons (Fsp3) is 0.923. The number of halogens is 1. The fourth-order valence-electron chi connectivity index (χ4n) is 3.25. The molecule has 124 valence electrons. The van der Waals surface area contributed by atoms with Crippen molar-refractivity contribution in [1.29, 1.82) is 0 Å². The average Bonchev–Trinajstić information content (AvgIpc) is 2.36. The Morgan fingerprint density at radius 2 is 1.90 bits per heavy atom. The van der Waals surface area contributed by atoms with Gasteiger partial charge in [-0.05, 0) is 33.2 Å². The van der Waals surface area contributed by atoms with E-state index >= 15 is 0 Å². The number of hydrogen-bond donors (Lipinski definition) is 1. The molecular formula is C13H26ClN3O3S. The monoisotopic (exact) mass is 339 g/mol. The molecule has 0 aromatic heterocycles. The Labute approximate surface area is 133 Å². The van der Waals surface area contributed by atoms with Crippen LogP contribution >= 0.6 is 12.4 Å². The van der Waals surface area contributed by atoms with Gasteiger partial charge in [-0.1, -0.05) is 0 Å². The van der Waals surface area contributed by atoms with Crippen LogP contribution in [0.1, 0.15) is 26.7 Å². The van der Waals surface area contributed by atoms with Gasteiger partial charge in [-0.2, -0.15) is 4.31 Å². The van der Waals surface area contributed by atoms with Crippen LogP contribution in [0.15, 0.2) is 0 Å². The third-order valence-electron chi connectivity index (χ3n) is 4.28. The number of rotatable bonds is 2. The number of nitrogens with zero attached hydrogens (tertiary/aromatic N) is 2. The van der Waals surface area contributed by atoms with Gasteiger partial charge in [-0.25, -0.2) is 8.42 Å². The maximum absolute atomic E-state index is 12.5. The van der Waals surface area contributed by atoms with Crippen LogP contribution in [0.4, 0.5) is 0 Å². The van der Waals surface area contributed by atoms with Crippen molar-refractivity contribution in [1.82, 2.24) is 14.5 Å². The lowest BCUT2D eigenvalue weighted by molar-refractivity contribution is -0.138. The first-order valence-electron chi connectivity index (χ1n) is 7.28. The zero-order valence-electron chi connectivity index (χ0n) is 12.9. The van der Waals surface area contributed by atoms with Crippen molar-refractivity contribution in [3.63, 3.8) is 0 Å². The van der Waals surface area contributed by atoms with Crippen LogP contribution in [0.25, 0.3) is 0 Å². The van der Waals surface area contributed by atoms with Crippen molar-refractivity contribution >= 4 is 28.3 Å². The van der Waals surface area contributed by atoms with Crippen LogP contribution in [-0.4, -0.2) is 68.0 Å². The summed E-state index contributed by atoms with van der Waals surface area (Å²) in [6.07, 6.45) is 2.98. The van der Waals surface area contributed by atoms with Crippen LogP contribution < -0.4 is 5.32 Å². The Bertz CT molecular complexity index is 471. The molecule has 0 spiro atoms. The van der Waals surface area contributed by atoms with E-state index in [-0.39, 0.29) is 30.3 Å². The van der Waals surface area contributed by atoms with Crippen LogP contribution in [0.2, 0.25) is 0 Å². The molecule has 2 rings (SSSR count). The summed E-state index contributed by atoms with van der Waals surface area (Å²) in [6.45, 7) is 6.27. The van der Waals surface area contributed by atoms with E-state index in [1.165, 1.54) is 10.6 Å². The van der Waals surface area contributed by atoms with E-state index in [1.807, 2.05) is 11.8 Å². The molecule has 0 aliphatic carbocycles. The van der Waals surface area contributed by atoms with E-state index in [2.05, 4.69) is 12.2 Å². The molecule has 2 heterocycles. The average molecular weight is 340 g/mol. The molecule has 2 saturated heterocycles. The highest BCUT2D eigenvalue weighted by Gasteiger charge is 2.35. The topological polar surface area (TPSA) is 69.7 Å². The van der Waals surface area contributed by atoms with Gasteiger partial charge < -0.3 is 10.2 Å². The lowest BCUT2D eigenvalue weighted by atomic mass is 9.91. The lowest BCUT2D eigenvalue weighted by Crippen LogP contribution is -2.56. The highest BCUT2D eigenvalue weighted by atomic mass is 35.5. The van der Waals surface area contributed by atoms with Crippen molar-refractivity contribution in [3.05, 3.63) is 0 Å². The van der Waals surface area contributed by atoms with Crippen LogP contribution in [0, 0.1) is 5.92 Å². The van der Waals surface area contributed by atoms with Gasteiger partial charge in [0, 0.05) is 37.6 Å². The van der Waals surface area contributed by atoms with E-state index in [1.54, 1.807) is 0 Å². The zero-order valence-corrected chi connectivity index (χ0v) is 14.5. The second-order valence-electron chi connectivity index (χ2n) is 6.08. The van der Waals surface area contributed by atoms with Crippen molar-refractivity contribution in [2.75, 3.05) is 32.4 Å². The van der Waals surface area contributed by atoms with Crippen molar-refractivity contribution in [2.45, 2.75) is 38.8 Å². The quantitative estimate of drug-likeness (QED) is 0.785. The van der Waals surface area contributed by atoms with Gasteiger partial charge in [0.05, 0.1) is 6.26 Å². The predicted octanol–water partition coefficient (Wildman–Crippen LogP) is 0.289. The fourth-order valence-corrected chi connectivity index (χ4v) is 4.38. The zero-order chi connectivity index (χ0) is 14.9. The Morgan fingerprint density at radius 1 is 1.24 bits per heavy atom. The number of carbonyl (C=O) groups is 1. The van der Waals surface area contributed by atoms with Gasteiger partial charge in [0.1, 0.15) is 0 Å². The molecule has 0 saturated carbocycles. The van der Waals surface area contributed by atoms with E-state index in [4.69, 9.17) is 0 Å². The molecule has 0 radical (unpaired) electrons. The number of amides is 1. The highest BCUT2D eigenvalue weighted by molar-refractivity contribution is 7.88. The SMILES string of the molecule is C[C@H]1C[C@@H](C(=O)N2CCN(S(C)(=O)=O)[C@@H](C)C2)CCN1.Cl. The third kappa shape index (κ3) is 4.55. The largest absolute Gasteiger partial charge is 0.340 e. The molecule has 2 aliphatic rings. The minimum Gasteiger partial charge on any atom is -0.340 e. The maximum Gasteiger partial charge on any atom is 0.225 e. The molecule has 0 unspecified atom stereocenters. The van der Waals surface area contributed by atoms with Gasteiger partial charge in [0.15, 0.2) is 0 Å². The number of nitrogens with one attached hydrogen (secondary N) is 1. The highest BCUT2D eigenvalue weighted by Crippen LogP contribution is 2.21. The van der Waals surface area contributed by atoms with Gasteiger partial charge in [0.25, 0.3) is 0 Å². The Hall–Kier alpha value is -0.370. The van der Waals surface area contributed by atoms with E-state index in [0.29, 0.717) is 25.7 Å². The summed E-state index contributed by atoms with van der Waals surface area (Å²) in [5.41, 5.74) is 0. The van der Waals surface area contributed by atoms with E-state index in [9.17, 15) is 13.2 Å². The summed E-state index contributed by atoms with van der Waals surface area (Å²) < 4.78 is 24.8. The standard InChI is InChI=1S/C13H25N3O3S.ClH/c1-10-8-12(4-5-14-10)13(17)15-6-7-16(11(2)9-15)20(3,18)19;/h10-12,14H,4-9H2,1-3H3;1H/t10-,11-,12-;/m0./s1. The number of piperidine rings is 1. The van der Waals surface area contributed by atoms with E-state index < -0.39 is 10.0 Å². The number of sulfonamides is 1. The van der Waals surface area contributed by atoms with Gasteiger partial charge in [-0.3, -0.25) is 4.79 Å². The molecule has 2 fully saturated rings. The molecule has 6 nitrogen and oxygen atoms in total. The van der Waals surface area contributed by atoms with Crippen molar-refractivity contribution in [2.24, 2.45) is 5.92 Å². The minimum absolute atomic E-state index is 0. The smallest absolute Gasteiger partial charge is 0.225 e. The first kappa shape index (κ1) is 18.7. The summed E-state index contributed by atoms with van der Waals surface area (Å²) >= 11 is 0. The summed E-state index contributed by atoms with van der Waals surface area (Å²) in [5.74, 6) is 0.279. The Kier molecular flexibility index (Phi) is 6.46. The Balaban J connectivity index is 0.00000220. The summed E-state index contributed by atoms with van der Waals surface area (Å²) in [4.78, 5) is 14.4. The molecule has 2 aliphatic heterocycles. The number of carbonyl (C=O) groups excluding carboxylic acids is 1. The maximum atomic E-state index is 12.5. The molecule has 1 N–H and O–H groups in total. The Morgan fingerprint density at radius 3 is 2.43 bits per heavy atom. The summed E-state index contributed by atoms with van der Waals surface area (Å²) in [6, 6.07) is 0.245. The molecule has 21 heavy (non-hydrogen) atoms. The van der Waals surface area contributed by atoms with Crippen molar-refractivity contribution in [3.8, 4) is 0 Å². The normalized spacial score (nSPS) is 31.6. The molecule has 0 aromatic rings. The van der Waals surface area contributed by atoms with Crippen LogP contribution in [0.5, 0.6) is 0 Å². The molecule has 0 bridgehead atoms. The minimum atomic E-state index is -3.17. The molecular weight excluding hydrogens is 314 g/mol. The van der Waals surface area contributed by atoms with Crippen LogP contribution in [0.3, 0.4) is 0 Å². The van der Waals surface area contributed by atoms with Gasteiger partial charge >= 0.3 is 0 Å². The van der Waals surface area contributed by atoms with Crippen molar-refractivity contribution < 1.29 is 13.2 Å². The van der Waals surface area contributed by atoms with E-state index in [0.717, 1.165) is 19.4 Å².